The number of hydrogen-bond acceptors (Lipinski definition) is 7. The normalized spacial score (nSPS) is 23.3. The van der Waals surface area contributed by atoms with Gasteiger partial charge in [-0.3, -0.25) is 0 Å². The largest absolute Gasteiger partial charge is 0.507 e. The number of fused-ring (bicyclic) bond motifs is 2. The lowest BCUT2D eigenvalue weighted by molar-refractivity contribution is 0.353. The molecule has 2 aromatic heterocycles. The molecule has 2 fully saturated rings. The average Bonchev–Trinajstić information content (AvgIpc) is 3.32. The number of aromatic nitrogens is 3. The van der Waals surface area contributed by atoms with Crippen LogP contribution in [0.5, 0.6) is 5.75 Å². The number of phenols is 1. The van der Waals surface area contributed by atoms with Crippen LogP contribution < -0.4 is 10.2 Å². The number of aromatic hydroxyl groups is 1. The zero-order chi connectivity index (χ0) is 20.0. The van der Waals surface area contributed by atoms with Gasteiger partial charge in [-0.05, 0) is 56.9 Å². The van der Waals surface area contributed by atoms with Gasteiger partial charge < -0.3 is 19.8 Å². The third kappa shape index (κ3) is 3.46. The van der Waals surface area contributed by atoms with E-state index < -0.39 is 0 Å². The first-order valence-corrected chi connectivity index (χ1v) is 10.2. The van der Waals surface area contributed by atoms with E-state index in [0.717, 1.165) is 29.9 Å². The highest BCUT2D eigenvalue weighted by Crippen LogP contribution is 2.34. The van der Waals surface area contributed by atoms with E-state index in [1.807, 2.05) is 37.3 Å². The number of piperidine rings is 1. The van der Waals surface area contributed by atoms with Gasteiger partial charge in [0, 0.05) is 42.4 Å². The predicted molar refractivity (Wildman–Crippen MR) is 111 cm³/mol. The molecule has 0 spiro atoms. The minimum Gasteiger partial charge on any atom is -0.507 e. The second-order valence-electron chi connectivity index (χ2n) is 8.22. The Balaban J connectivity index is 1.34. The molecule has 29 heavy (non-hydrogen) atoms. The Morgan fingerprint density at radius 2 is 1.86 bits per heavy atom. The Labute approximate surface area is 169 Å². The minimum absolute atomic E-state index is 0.141. The van der Waals surface area contributed by atoms with Gasteiger partial charge >= 0.3 is 0 Å². The van der Waals surface area contributed by atoms with E-state index >= 15 is 0 Å². The SMILES string of the molecule is Cc1cc(-c2ccc(-c3ccc(N(C)[C@@H]4C[C@H]5CC[C@@H](C4)N5)nn3)c(O)c2)on1. The van der Waals surface area contributed by atoms with Crippen LogP contribution in [0.15, 0.2) is 40.9 Å². The lowest BCUT2D eigenvalue weighted by Gasteiger charge is -2.36. The number of benzene rings is 1. The van der Waals surface area contributed by atoms with Crippen LogP contribution in [0.1, 0.15) is 31.4 Å². The van der Waals surface area contributed by atoms with Crippen molar-refractivity contribution in [3.05, 3.63) is 42.1 Å². The molecule has 2 N–H and O–H groups in total. The van der Waals surface area contributed by atoms with Gasteiger partial charge in [-0.2, -0.15) is 0 Å². The molecule has 1 aromatic carbocycles. The Bertz CT molecular complexity index is 1000. The lowest BCUT2D eigenvalue weighted by Crippen LogP contribution is -2.47. The van der Waals surface area contributed by atoms with Crippen molar-refractivity contribution in [1.82, 2.24) is 20.7 Å². The molecule has 3 atom stereocenters. The molecule has 2 saturated heterocycles. The molecule has 150 valence electrons. The molecule has 0 amide bonds. The standard InChI is InChI=1S/C22H25N5O2/c1-13-9-21(29-26-13)14-3-6-18(20(28)10-14)19-7-8-22(25-24-19)27(2)17-11-15-4-5-16(12-17)23-15/h3,6-10,15-17,23,28H,4-5,11-12H2,1-2H3/t15-,16+,17-. The van der Waals surface area contributed by atoms with E-state index in [2.05, 4.69) is 32.6 Å². The summed E-state index contributed by atoms with van der Waals surface area (Å²) in [4.78, 5) is 2.25. The second kappa shape index (κ2) is 7.15. The first kappa shape index (κ1) is 18.1. The molecule has 0 unspecified atom stereocenters. The van der Waals surface area contributed by atoms with Crippen molar-refractivity contribution in [3.63, 3.8) is 0 Å². The van der Waals surface area contributed by atoms with Crippen molar-refractivity contribution in [2.45, 2.75) is 50.7 Å². The predicted octanol–water partition coefficient (Wildman–Crippen LogP) is 3.53. The van der Waals surface area contributed by atoms with Crippen LogP contribution in [0, 0.1) is 6.92 Å². The highest BCUT2D eigenvalue weighted by atomic mass is 16.5. The average molecular weight is 391 g/mol. The highest BCUT2D eigenvalue weighted by Gasteiger charge is 2.35. The van der Waals surface area contributed by atoms with Gasteiger partial charge in [0.1, 0.15) is 5.75 Å². The van der Waals surface area contributed by atoms with Crippen LogP contribution in [-0.2, 0) is 0 Å². The molecule has 2 bridgehead atoms. The summed E-state index contributed by atoms with van der Waals surface area (Å²) < 4.78 is 5.27. The second-order valence-corrected chi connectivity index (χ2v) is 8.22. The topological polar surface area (TPSA) is 87.3 Å². The highest BCUT2D eigenvalue weighted by molar-refractivity contribution is 5.72. The Hall–Kier alpha value is -2.93. The summed E-state index contributed by atoms with van der Waals surface area (Å²) >= 11 is 0. The number of hydrogen-bond donors (Lipinski definition) is 2. The molecule has 2 aliphatic heterocycles. The number of nitrogens with one attached hydrogen (secondary N) is 1. The van der Waals surface area contributed by atoms with Crippen molar-refractivity contribution in [2.75, 3.05) is 11.9 Å². The van der Waals surface area contributed by atoms with Crippen molar-refractivity contribution >= 4 is 5.82 Å². The molecular weight excluding hydrogens is 366 g/mol. The van der Waals surface area contributed by atoms with Crippen LogP contribution in [0.25, 0.3) is 22.6 Å². The summed E-state index contributed by atoms with van der Waals surface area (Å²) in [5.41, 5.74) is 2.87. The van der Waals surface area contributed by atoms with Crippen LogP contribution in [0.4, 0.5) is 5.82 Å². The zero-order valence-electron chi connectivity index (χ0n) is 16.7. The van der Waals surface area contributed by atoms with Gasteiger partial charge in [0.05, 0.1) is 11.4 Å². The van der Waals surface area contributed by atoms with E-state index in [4.69, 9.17) is 4.52 Å². The van der Waals surface area contributed by atoms with Crippen LogP contribution >= 0.6 is 0 Å². The van der Waals surface area contributed by atoms with Crippen molar-refractivity contribution in [2.24, 2.45) is 0 Å². The third-order valence-electron chi connectivity index (χ3n) is 6.19. The maximum Gasteiger partial charge on any atom is 0.167 e. The van der Waals surface area contributed by atoms with Gasteiger partial charge in [0.2, 0.25) is 0 Å². The smallest absolute Gasteiger partial charge is 0.167 e. The molecule has 4 heterocycles. The van der Waals surface area contributed by atoms with Crippen LogP contribution in [0.3, 0.4) is 0 Å². The lowest BCUT2D eigenvalue weighted by atomic mass is 9.98. The molecule has 0 aliphatic carbocycles. The van der Waals surface area contributed by atoms with Gasteiger partial charge in [0.25, 0.3) is 0 Å². The molecule has 7 heteroatoms. The monoisotopic (exact) mass is 391 g/mol. The minimum atomic E-state index is 0.141. The number of rotatable bonds is 4. The summed E-state index contributed by atoms with van der Waals surface area (Å²) in [6.07, 6.45) is 4.87. The summed E-state index contributed by atoms with van der Waals surface area (Å²) in [7, 11) is 2.10. The summed E-state index contributed by atoms with van der Waals surface area (Å²) in [5, 5.41) is 26.9. The molecule has 5 rings (SSSR count). The van der Waals surface area contributed by atoms with Crippen LogP contribution in [-0.4, -0.2) is 45.6 Å². The Morgan fingerprint density at radius 3 is 2.48 bits per heavy atom. The van der Waals surface area contributed by atoms with Crippen molar-refractivity contribution in [1.29, 1.82) is 0 Å². The van der Waals surface area contributed by atoms with Crippen LogP contribution in [0.2, 0.25) is 0 Å². The molecule has 0 saturated carbocycles. The summed E-state index contributed by atoms with van der Waals surface area (Å²) in [6.45, 7) is 1.87. The first-order valence-electron chi connectivity index (χ1n) is 10.2. The molecule has 7 nitrogen and oxygen atoms in total. The molecular formula is C22H25N5O2. The number of aryl methyl sites for hydroxylation is 1. The molecule has 3 aromatic rings. The van der Waals surface area contributed by atoms with Gasteiger partial charge in [0.15, 0.2) is 11.6 Å². The van der Waals surface area contributed by atoms with E-state index in [9.17, 15) is 5.11 Å². The maximum absolute atomic E-state index is 10.5. The zero-order valence-corrected chi connectivity index (χ0v) is 16.7. The first-order chi connectivity index (χ1) is 14.1. The Morgan fingerprint density at radius 1 is 1.07 bits per heavy atom. The van der Waals surface area contributed by atoms with E-state index in [1.165, 1.54) is 12.8 Å². The fourth-order valence-corrected chi connectivity index (χ4v) is 4.59. The maximum atomic E-state index is 10.5. The summed E-state index contributed by atoms with van der Waals surface area (Å²) in [5.74, 6) is 1.64. The third-order valence-corrected chi connectivity index (χ3v) is 6.19. The molecule has 2 aliphatic rings. The van der Waals surface area contributed by atoms with E-state index in [0.29, 0.717) is 35.1 Å². The Kier molecular flexibility index (Phi) is 4.47. The fraction of sp³-hybridized carbons (Fsp3) is 0.409. The van der Waals surface area contributed by atoms with Crippen molar-refractivity contribution in [3.8, 4) is 28.3 Å². The van der Waals surface area contributed by atoms with E-state index in [-0.39, 0.29) is 5.75 Å². The summed E-state index contributed by atoms with van der Waals surface area (Å²) in [6, 6.07) is 12.9. The van der Waals surface area contributed by atoms with Gasteiger partial charge in [-0.1, -0.05) is 11.2 Å². The van der Waals surface area contributed by atoms with E-state index in [1.54, 1.807) is 6.07 Å². The number of nitrogens with zero attached hydrogens (tertiary/aromatic N) is 4. The van der Waals surface area contributed by atoms with Crippen molar-refractivity contribution < 1.29 is 9.63 Å². The van der Waals surface area contributed by atoms with Gasteiger partial charge in [-0.25, -0.2) is 0 Å². The quantitative estimate of drug-likeness (QED) is 0.703. The fourth-order valence-electron chi connectivity index (χ4n) is 4.59. The number of phenolic OH excluding ortho intramolecular Hbond substituents is 1. The van der Waals surface area contributed by atoms with Gasteiger partial charge in [-0.15, -0.1) is 10.2 Å². The molecule has 0 radical (unpaired) electrons. The number of anilines is 1.